The minimum Gasteiger partial charge on any atom is -0.483 e. The van der Waals surface area contributed by atoms with Crippen LogP contribution in [0.3, 0.4) is 0 Å². The Morgan fingerprint density at radius 2 is 2.04 bits per heavy atom. The molecule has 6 heteroatoms. The highest BCUT2D eigenvalue weighted by Gasteiger charge is 2.15. The average Bonchev–Trinajstić information content (AvgIpc) is 3.03. The maximum Gasteiger partial charge on any atom is 0.277 e. The van der Waals surface area contributed by atoms with Gasteiger partial charge in [0.1, 0.15) is 5.75 Å². The lowest BCUT2D eigenvalue weighted by molar-refractivity contribution is -0.123. The topological polar surface area (TPSA) is 66.5 Å². The Hall–Kier alpha value is -2.60. The largest absolute Gasteiger partial charge is 0.483 e. The Bertz CT molecular complexity index is 987. The highest BCUT2D eigenvalue weighted by atomic mass is 79.9. The van der Waals surface area contributed by atoms with Gasteiger partial charge >= 0.3 is 0 Å². The van der Waals surface area contributed by atoms with Crippen molar-refractivity contribution in [3.8, 4) is 5.75 Å². The van der Waals surface area contributed by atoms with Crippen LogP contribution >= 0.6 is 15.9 Å². The van der Waals surface area contributed by atoms with Crippen LogP contribution in [0.2, 0.25) is 0 Å². The number of rotatable bonds is 5. The SMILES string of the molecule is CC(C)(C)c1ccc(OCC(=O)N/N=C\c2c[nH]c3ccccc23)c(Br)c1. The van der Waals surface area contributed by atoms with E-state index in [1.54, 1.807) is 6.21 Å². The van der Waals surface area contributed by atoms with Gasteiger partial charge in [0.15, 0.2) is 6.61 Å². The number of amides is 1. The number of H-pyrrole nitrogens is 1. The smallest absolute Gasteiger partial charge is 0.277 e. The summed E-state index contributed by atoms with van der Waals surface area (Å²) in [5, 5.41) is 5.06. The summed E-state index contributed by atoms with van der Waals surface area (Å²) in [5.74, 6) is 0.302. The molecule has 0 aliphatic heterocycles. The first-order valence-electron chi connectivity index (χ1n) is 8.65. The van der Waals surface area contributed by atoms with Crippen LogP contribution in [-0.2, 0) is 10.2 Å². The Morgan fingerprint density at radius 3 is 2.78 bits per heavy atom. The molecule has 27 heavy (non-hydrogen) atoms. The van der Waals surface area contributed by atoms with Crippen LogP contribution in [0.15, 0.2) is 58.2 Å². The van der Waals surface area contributed by atoms with Crippen LogP contribution in [0.25, 0.3) is 10.9 Å². The predicted molar refractivity (Wildman–Crippen MR) is 112 cm³/mol. The second kappa shape index (κ2) is 7.96. The molecule has 2 N–H and O–H groups in total. The van der Waals surface area contributed by atoms with Crippen molar-refractivity contribution in [2.75, 3.05) is 6.61 Å². The first kappa shape index (κ1) is 19.2. The molecular formula is C21H22BrN3O2. The molecule has 0 bridgehead atoms. The zero-order valence-electron chi connectivity index (χ0n) is 15.5. The molecule has 3 aromatic rings. The number of carbonyl (C=O) groups is 1. The number of hydrazone groups is 1. The van der Waals surface area contributed by atoms with Crippen molar-refractivity contribution < 1.29 is 9.53 Å². The summed E-state index contributed by atoms with van der Waals surface area (Å²) < 4.78 is 6.41. The molecule has 0 spiro atoms. The van der Waals surface area contributed by atoms with Crippen LogP contribution in [0.4, 0.5) is 0 Å². The van der Waals surface area contributed by atoms with Gasteiger partial charge in [0, 0.05) is 22.7 Å². The summed E-state index contributed by atoms with van der Waals surface area (Å²) in [6.45, 7) is 6.33. The van der Waals surface area contributed by atoms with Gasteiger partial charge in [-0.3, -0.25) is 4.79 Å². The Morgan fingerprint density at radius 1 is 1.26 bits per heavy atom. The molecule has 1 amide bonds. The molecule has 1 aromatic heterocycles. The lowest BCUT2D eigenvalue weighted by Crippen LogP contribution is -2.24. The zero-order valence-corrected chi connectivity index (χ0v) is 17.1. The molecule has 3 rings (SSSR count). The normalized spacial score (nSPS) is 11.9. The Labute approximate surface area is 166 Å². The number of nitrogens with zero attached hydrogens (tertiary/aromatic N) is 1. The fourth-order valence-corrected chi connectivity index (χ4v) is 3.13. The lowest BCUT2D eigenvalue weighted by atomic mass is 9.87. The highest BCUT2D eigenvalue weighted by molar-refractivity contribution is 9.10. The molecule has 0 aliphatic carbocycles. The molecule has 140 valence electrons. The van der Waals surface area contributed by atoms with Gasteiger partial charge in [-0.15, -0.1) is 0 Å². The second-order valence-corrected chi connectivity index (χ2v) is 8.12. The fraction of sp³-hybridized carbons (Fsp3) is 0.238. The minimum atomic E-state index is -0.321. The van der Waals surface area contributed by atoms with E-state index in [2.05, 4.69) is 52.2 Å². The van der Waals surface area contributed by atoms with E-state index >= 15 is 0 Å². The van der Waals surface area contributed by atoms with Gasteiger partial charge < -0.3 is 9.72 Å². The summed E-state index contributed by atoms with van der Waals surface area (Å²) in [5.41, 5.74) is 5.66. The first-order chi connectivity index (χ1) is 12.8. The number of carbonyl (C=O) groups excluding carboxylic acids is 1. The van der Waals surface area contributed by atoms with Crippen molar-refractivity contribution in [2.45, 2.75) is 26.2 Å². The number of fused-ring (bicyclic) bond motifs is 1. The van der Waals surface area contributed by atoms with Crippen molar-refractivity contribution in [1.29, 1.82) is 0 Å². The quantitative estimate of drug-likeness (QED) is 0.455. The van der Waals surface area contributed by atoms with Crippen molar-refractivity contribution >= 4 is 39.0 Å². The molecule has 0 radical (unpaired) electrons. The van der Waals surface area contributed by atoms with E-state index in [1.807, 2.05) is 48.7 Å². The van der Waals surface area contributed by atoms with Crippen LogP contribution in [-0.4, -0.2) is 23.7 Å². The third-order valence-electron chi connectivity index (χ3n) is 4.17. The van der Waals surface area contributed by atoms with Crippen molar-refractivity contribution in [2.24, 2.45) is 5.10 Å². The number of halogens is 1. The van der Waals surface area contributed by atoms with Crippen molar-refractivity contribution in [3.05, 3.63) is 64.3 Å². The fourth-order valence-electron chi connectivity index (χ4n) is 2.63. The highest BCUT2D eigenvalue weighted by Crippen LogP contribution is 2.31. The van der Waals surface area contributed by atoms with Crippen molar-refractivity contribution in [1.82, 2.24) is 10.4 Å². The van der Waals surface area contributed by atoms with Crippen molar-refractivity contribution in [3.63, 3.8) is 0 Å². The summed E-state index contributed by atoms with van der Waals surface area (Å²) in [6, 6.07) is 13.8. The number of hydrogen-bond donors (Lipinski definition) is 2. The molecule has 1 heterocycles. The third-order valence-corrected chi connectivity index (χ3v) is 4.79. The van der Waals surface area contributed by atoms with Gasteiger partial charge in [-0.1, -0.05) is 45.0 Å². The van der Waals surface area contributed by atoms with Gasteiger partial charge in [0.25, 0.3) is 5.91 Å². The van der Waals surface area contributed by atoms with E-state index < -0.39 is 0 Å². The van der Waals surface area contributed by atoms with Gasteiger partial charge in [-0.2, -0.15) is 5.10 Å². The van der Waals surface area contributed by atoms with E-state index in [9.17, 15) is 4.79 Å². The van der Waals surface area contributed by atoms with E-state index in [0.29, 0.717) is 5.75 Å². The summed E-state index contributed by atoms with van der Waals surface area (Å²) in [6.07, 6.45) is 3.47. The lowest BCUT2D eigenvalue weighted by Gasteiger charge is -2.20. The molecule has 0 saturated carbocycles. The molecular weight excluding hydrogens is 406 g/mol. The van der Waals surface area contributed by atoms with Gasteiger partial charge in [0.05, 0.1) is 10.7 Å². The number of aromatic nitrogens is 1. The summed E-state index contributed by atoms with van der Waals surface area (Å²) in [7, 11) is 0. The minimum absolute atomic E-state index is 0.0511. The van der Waals surface area contributed by atoms with Crippen LogP contribution < -0.4 is 10.2 Å². The number of hydrogen-bond acceptors (Lipinski definition) is 3. The summed E-state index contributed by atoms with van der Waals surface area (Å²) in [4.78, 5) is 15.1. The molecule has 0 saturated heterocycles. The molecule has 0 fully saturated rings. The first-order valence-corrected chi connectivity index (χ1v) is 9.45. The number of benzene rings is 2. The van der Waals surface area contributed by atoms with Crippen LogP contribution in [0.1, 0.15) is 31.9 Å². The molecule has 0 unspecified atom stereocenters. The van der Waals surface area contributed by atoms with Crippen LogP contribution in [0.5, 0.6) is 5.75 Å². The van der Waals surface area contributed by atoms with E-state index in [4.69, 9.17) is 4.74 Å². The van der Waals surface area contributed by atoms with Gasteiger partial charge in [0.2, 0.25) is 0 Å². The average molecular weight is 428 g/mol. The Balaban J connectivity index is 1.55. The number of ether oxygens (including phenoxy) is 1. The van der Waals surface area contributed by atoms with Gasteiger partial charge in [-0.25, -0.2) is 5.43 Å². The maximum atomic E-state index is 12.0. The monoisotopic (exact) mass is 427 g/mol. The molecule has 2 aromatic carbocycles. The van der Waals surface area contributed by atoms with Gasteiger partial charge in [-0.05, 0) is 45.1 Å². The summed E-state index contributed by atoms with van der Waals surface area (Å²) >= 11 is 3.50. The standard InChI is InChI=1S/C21H22BrN3O2/c1-21(2,3)15-8-9-19(17(22)10-15)27-13-20(26)25-24-12-14-11-23-18-7-5-4-6-16(14)18/h4-12,23H,13H2,1-3H3,(H,25,26)/b24-12-. The zero-order chi connectivity index (χ0) is 19.4. The van der Waals surface area contributed by atoms with E-state index in [1.165, 1.54) is 5.56 Å². The predicted octanol–water partition coefficient (Wildman–Crippen LogP) is 4.76. The maximum absolute atomic E-state index is 12.0. The Kier molecular flexibility index (Phi) is 5.65. The number of para-hydroxylation sites is 1. The number of aromatic amines is 1. The van der Waals surface area contributed by atoms with E-state index in [-0.39, 0.29) is 17.9 Å². The second-order valence-electron chi connectivity index (χ2n) is 7.27. The van der Waals surface area contributed by atoms with Crippen LogP contribution in [0, 0.1) is 0 Å². The van der Waals surface area contributed by atoms with E-state index in [0.717, 1.165) is 20.9 Å². The molecule has 0 atom stereocenters. The third kappa shape index (κ3) is 4.77. The molecule has 5 nitrogen and oxygen atoms in total. The number of nitrogens with one attached hydrogen (secondary N) is 2. The molecule has 0 aliphatic rings.